The van der Waals surface area contributed by atoms with E-state index < -0.39 is 0 Å². The van der Waals surface area contributed by atoms with Crippen LogP contribution in [0.3, 0.4) is 0 Å². The topological polar surface area (TPSA) is 81.1 Å². The molecule has 0 aliphatic rings. The molecule has 0 unspecified atom stereocenters. The number of hydrogen-bond acceptors (Lipinski definition) is 4. The summed E-state index contributed by atoms with van der Waals surface area (Å²) >= 11 is 0. The molecule has 0 spiro atoms. The third-order valence-electron chi connectivity index (χ3n) is 3.50. The highest BCUT2D eigenvalue weighted by atomic mass is 16.7. The van der Waals surface area contributed by atoms with E-state index >= 15 is 0 Å². The van der Waals surface area contributed by atoms with Crippen molar-refractivity contribution in [2.24, 2.45) is 0 Å². The Balaban J connectivity index is 1.42. The lowest BCUT2D eigenvalue weighted by atomic mass is 10.1. The number of benzene rings is 2. The second-order valence-electron chi connectivity index (χ2n) is 5.47. The summed E-state index contributed by atoms with van der Waals surface area (Å²) in [7, 11) is 0. The minimum Gasteiger partial charge on any atom is -0.332 e. The van der Waals surface area contributed by atoms with Crippen LogP contribution in [0.1, 0.15) is 16.7 Å². The molecule has 0 atom stereocenters. The molecule has 25 heavy (non-hydrogen) atoms. The zero-order valence-corrected chi connectivity index (χ0v) is 13.6. The lowest BCUT2D eigenvalue weighted by Gasteiger charge is -2.09. The minimum atomic E-state index is -0.377. The second-order valence-corrected chi connectivity index (χ2v) is 5.47. The summed E-state index contributed by atoms with van der Waals surface area (Å²) in [4.78, 5) is 20.9. The zero-order chi connectivity index (χ0) is 17.3. The van der Waals surface area contributed by atoms with Gasteiger partial charge in [-0.05, 0) is 16.7 Å². The Kier molecular flexibility index (Phi) is 5.73. The zero-order valence-electron chi connectivity index (χ0n) is 13.6. The smallest absolute Gasteiger partial charge is 0.332 e. The predicted octanol–water partition coefficient (Wildman–Crippen LogP) is 2.26. The van der Waals surface area contributed by atoms with E-state index in [2.05, 4.69) is 20.9 Å². The Bertz CT molecular complexity index is 790. The van der Waals surface area contributed by atoms with Crippen LogP contribution in [0.5, 0.6) is 0 Å². The fourth-order valence-corrected chi connectivity index (χ4v) is 2.32. The minimum absolute atomic E-state index is 0.321. The standard InChI is InChI=1S/C18H19N5O2/c24-18(22-25-12-15-5-2-1-3-6-15)20-10-16-7-4-8-17(9-16)11-23-14-19-13-21-23/h1-9,13-14H,10-12H2,(H2,20,22,24). The van der Waals surface area contributed by atoms with Gasteiger partial charge in [0.15, 0.2) is 0 Å². The van der Waals surface area contributed by atoms with Crippen molar-refractivity contribution in [3.63, 3.8) is 0 Å². The van der Waals surface area contributed by atoms with Gasteiger partial charge in [0.1, 0.15) is 12.7 Å². The van der Waals surface area contributed by atoms with Crippen molar-refractivity contribution >= 4 is 6.03 Å². The average Bonchev–Trinajstić information content (AvgIpc) is 3.14. The van der Waals surface area contributed by atoms with Gasteiger partial charge in [-0.2, -0.15) is 5.10 Å². The van der Waals surface area contributed by atoms with E-state index in [1.54, 1.807) is 11.0 Å². The van der Waals surface area contributed by atoms with Crippen LogP contribution in [0, 0.1) is 0 Å². The van der Waals surface area contributed by atoms with E-state index in [1.165, 1.54) is 6.33 Å². The quantitative estimate of drug-likeness (QED) is 0.648. The Morgan fingerprint density at radius 3 is 2.64 bits per heavy atom. The van der Waals surface area contributed by atoms with E-state index in [1.807, 2.05) is 54.6 Å². The van der Waals surface area contributed by atoms with Crippen molar-refractivity contribution in [1.82, 2.24) is 25.6 Å². The molecule has 2 N–H and O–H groups in total. The number of nitrogens with one attached hydrogen (secondary N) is 2. The van der Waals surface area contributed by atoms with Gasteiger partial charge in [-0.3, -0.25) is 4.84 Å². The van der Waals surface area contributed by atoms with Gasteiger partial charge in [-0.1, -0.05) is 54.6 Å². The van der Waals surface area contributed by atoms with Crippen LogP contribution >= 0.6 is 0 Å². The molecule has 7 heteroatoms. The summed E-state index contributed by atoms with van der Waals surface area (Å²) in [5, 5.41) is 6.84. The maximum Gasteiger partial charge on any atom is 0.338 e. The first-order valence-corrected chi connectivity index (χ1v) is 7.89. The van der Waals surface area contributed by atoms with Crippen LogP contribution in [0.2, 0.25) is 0 Å². The van der Waals surface area contributed by atoms with Crippen molar-refractivity contribution < 1.29 is 9.63 Å². The number of hydrogen-bond donors (Lipinski definition) is 2. The van der Waals surface area contributed by atoms with Crippen molar-refractivity contribution in [2.45, 2.75) is 19.7 Å². The van der Waals surface area contributed by atoms with Crippen LogP contribution in [-0.2, 0) is 24.5 Å². The van der Waals surface area contributed by atoms with Crippen LogP contribution in [0.25, 0.3) is 0 Å². The lowest BCUT2D eigenvalue weighted by molar-refractivity contribution is 0.0490. The number of carbonyl (C=O) groups is 1. The second kappa shape index (κ2) is 8.60. The van der Waals surface area contributed by atoms with Crippen molar-refractivity contribution in [2.75, 3.05) is 0 Å². The van der Waals surface area contributed by atoms with Gasteiger partial charge in [0.25, 0.3) is 0 Å². The summed E-state index contributed by atoms with van der Waals surface area (Å²) in [6.07, 6.45) is 3.17. The molecule has 0 saturated carbocycles. The van der Waals surface area contributed by atoms with Crippen molar-refractivity contribution in [3.8, 4) is 0 Å². The number of carbonyl (C=O) groups excluding carboxylic acids is 1. The maximum absolute atomic E-state index is 11.8. The van der Waals surface area contributed by atoms with Gasteiger partial charge in [-0.25, -0.2) is 19.9 Å². The van der Waals surface area contributed by atoms with E-state index in [0.717, 1.165) is 16.7 Å². The van der Waals surface area contributed by atoms with Gasteiger partial charge in [0, 0.05) is 6.54 Å². The molecule has 0 aliphatic carbocycles. The molecule has 1 heterocycles. The molecular formula is C18H19N5O2. The first-order chi connectivity index (χ1) is 12.3. The predicted molar refractivity (Wildman–Crippen MR) is 92.2 cm³/mol. The number of hydroxylamine groups is 1. The van der Waals surface area contributed by atoms with Crippen LogP contribution < -0.4 is 10.8 Å². The molecule has 0 bridgehead atoms. The summed E-state index contributed by atoms with van der Waals surface area (Å²) in [6.45, 7) is 1.37. The maximum atomic E-state index is 11.8. The first kappa shape index (κ1) is 16.7. The Morgan fingerprint density at radius 2 is 1.84 bits per heavy atom. The van der Waals surface area contributed by atoms with E-state index in [0.29, 0.717) is 19.7 Å². The summed E-state index contributed by atoms with van der Waals surface area (Å²) in [5.41, 5.74) is 5.45. The average molecular weight is 337 g/mol. The third-order valence-corrected chi connectivity index (χ3v) is 3.50. The summed E-state index contributed by atoms with van der Waals surface area (Å²) in [6, 6.07) is 17.2. The number of rotatable bonds is 7. The van der Waals surface area contributed by atoms with Gasteiger partial charge >= 0.3 is 6.03 Å². The van der Waals surface area contributed by atoms with E-state index in [4.69, 9.17) is 4.84 Å². The van der Waals surface area contributed by atoms with Gasteiger partial charge in [-0.15, -0.1) is 0 Å². The summed E-state index contributed by atoms with van der Waals surface area (Å²) < 4.78 is 1.75. The van der Waals surface area contributed by atoms with Gasteiger partial charge in [0.05, 0.1) is 13.2 Å². The highest BCUT2D eigenvalue weighted by Crippen LogP contribution is 2.06. The highest BCUT2D eigenvalue weighted by molar-refractivity contribution is 5.72. The SMILES string of the molecule is O=C(NCc1cccc(Cn2cncn2)c1)NOCc1ccccc1. The molecule has 128 valence electrons. The fraction of sp³-hybridized carbons (Fsp3) is 0.167. The largest absolute Gasteiger partial charge is 0.338 e. The van der Waals surface area contributed by atoms with Crippen LogP contribution in [0.4, 0.5) is 4.79 Å². The molecule has 1 aromatic heterocycles. The molecule has 3 aromatic rings. The van der Waals surface area contributed by atoms with Crippen LogP contribution in [-0.4, -0.2) is 20.8 Å². The molecule has 0 radical (unpaired) electrons. The Labute approximate surface area is 145 Å². The normalized spacial score (nSPS) is 10.4. The monoisotopic (exact) mass is 337 g/mol. The third kappa shape index (κ3) is 5.43. The summed E-state index contributed by atoms with van der Waals surface area (Å²) in [5.74, 6) is 0. The molecule has 2 aromatic carbocycles. The number of nitrogens with zero attached hydrogens (tertiary/aromatic N) is 3. The highest BCUT2D eigenvalue weighted by Gasteiger charge is 2.02. The van der Waals surface area contributed by atoms with Gasteiger partial charge < -0.3 is 5.32 Å². The molecule has 0 fully saturated rings. The first-order valence-electron chi connectivity index (χ1n) is 7.89. The van der Waals surface area contributed by atoms with Crippen molar-refractivity contribution in [3.05, 3.63) is 83.9 Å². The Morgan fingerprint density at radius 1 is 1.04 bits per heavy atom. The van der Waals surface area contributed by atoms with Crippen LogP contribution in [0.15, 0.2) is 67.3 Å². The Hall–Kier alpha value is -3.19. The fourth-order valence-electron chi connectivity index (χ4n) is 2.32. The molecular weight excluding hydrogens is 318 g/mol. The van der Waals surface area contributed by atoms with E-state index in [-0.39, 0.29) is 6.03 Å². The number of amides is 2. The van der Waals surface area contributed by atoms with Crippen molar-refractivity contribution in [1.29, 1.82) is 0 Å². The van der Waals surface area contributed by atoms with E-state index in [9.17, 15) is 4.79 Å². The molecule has 3 rings (SSSR count). The number of urea groups is 1. The molecule has 2 amide bonds. The molecule has 0 saturated heterocycles. The van der Waals surface area contributed by atoms with Gasteiger partial charge in [0.2, 0.25) is 0 Å². The lowest BCUT2D eigenvalue weighted by Crippen LogP contribution is -2.34. The molecule has 7 nitrogen and oxygen atoms in total. The molecule has 0 aliphatic heterocycles. The number of aromatic nitrogens is 3.